The molecule has 0 aromatic carbocycles. The number of ether oxygens (including phenoxy) is 1. The zero-order valence-corrected chi connectivity index (χ0v) is 11.3. The Balaban J connectivity index is 2.15. The van der Waals surface area contributed by atoms with E-state index in [9.17, 15) is 4.79 Å². The van der Waals surface area contributed by atoms with E-state index < -0.39 is 6.09 Å². The quantitative estimate of drug-likeness (QED) is 0.602. The van der Waals surface area contributed by atoms with Gasteiger partial charge < -0.3 is 10.1 Å². The van der Waals surface area contributed by atoms with Gasteiger partial charge in [-0.05, 0) is 30.9 Å². The van der Waals surface area contributed by atoms with Crippen LogP contribution in [0.1, 0.15) is 32.1 Å². The molecular weight excluding hydrogens is 250 g/mol. The normalized spacial score (nSPS) is 17.7. The average Bonchev–Trinajstić information content (AvgIpc) is 2.42. The van der Waals surface area contributed by atoms with E-state index in [4.69, 9.17) is 16.3 Å². The van der Waals surface area contributed by atoms with Crippen molar-refractivity contribution >= 4 is 17.7 Å². The maximum atomic E-state index is 11.3. The van der Waals surface area contributed by atoms with Gasteiger partial charge in [0.1, 0.15) is 0 Å². The van der Waals surface area contributed by atoms with Crippen LogP contribution in [-0.4, -0.2) is 12.6 Å². The zero-order chi connectivity index (χ0) is 13.2. The molecule has 1 aliphatic rings. The number of nitrogens with one attached hydrogen (secondary N) is 1. The molecule has 1 fully saturated rings. The number of halogens is 1. The van der Waals surface area contributed by atoms with E-state index in [1.165, 1.54) is 44.4 Å². The summed E-state index contributed by atoms with van der Waals surface area (Å²) in [7, 11) is 0. The van der Waals surface area contributed by atoms with E-state index >= 15 is 0 Å². The first-order valence-corrected chi connectivity index (χ1v) is 6.69. The molecule has 100 valence electrons. The van der Waals surface area contributed by atoms with Crippen LogP contribution in [0.4, 0.5) is 4.79 Å². The lowest BCUT2D eigenvalue weighted by Gasteiger charge is -2.21. The number of carbonyl (C=O) groups excluding carboxylic acids is 1. The Morgan fingerprint density at radius 1 is 1.39 bits per heavy atom. The molecule has 1 rings (SSSR count). The molecule has 0 spiro atoms. The molecule has 0 radical (unpaired) electrons. The van der Waals surface area contributed by atoms with Crippen molar-refractivity contribution in [2.75, 3.05) is 6.54 Å². The highest BCUT2D eigenvalue weighted by Crippen LogP contribution is 2.22. The fraction of sp³-hybridized carbons (Fsp3) is 0.500. The number of rotatable bonds is 5. The van der Waals surface area contributed by atoms with E-state index in [2.05, 4.69) is 11.9 Å². The van der Waals surface area contributed by atoms with Gasteiger partial charge in [0, 0.05) is 11.6 Å². The van der Waals surface area contributed by atoms with Crippen LogP contribution in [0, 0.1) is 5.92 Å². The van der Waals surface area contributed by atoms with Crippen LogP contribution in [0.5, 0.6) is 0 Å². The summed E-state index contributed by atoms with van der Waals surface area (Å²) >= 11 is 5.68. The molecule has 4 heteroatoms. The number of hydrogen-bond acceptors (Lipinski definition) is 2. The maximum absolute atomic E-state index is 11.3. The van der Waals surface area contributed by atoms with Crippen molar-refractivity contribution in [1.82, 2.24) is 5.32 Å². The van der Waals surface area contributed by atoms with Crippen LogP contribution in [0.2, 0.25) is 0 Å². The lowest BCUT2D eigenvalue weighted by molar-refractivity contribution is 0.181. The van der Waals surface area contributed by atoms with Crippen LogP contribution in [0.3, 0.4) is 0 Å². The standard InChI is InChI=1S/C14H20ClNO2/c1-2-13(15)9-6-10-18-14(17)16-11-12-7-4-3-5-8-12/h2,6,9-10,12H,1,3-5,7-8,11H2,(H,16,17)/b10-6+,13-9+. The Kier molecular flexibility index (Phi) is 7.26. The third-order valence-corrected chi connectivity index (χ3v) is 3.24. The Morgan fingerprint density at radius 2 is 2.11 bits per heavy atom. The van der Waals surface area contributed by atoms with Gasteiger partial charge in [-0.25, -0.2) is 4.79 Å². The first-order chi connectivity index (χ1) is 8.72. The Bertz CT molecular complexity index is 331. The van der Waals surface area contributed by atoms with Crippen LogP contribution in [-0.2, 0) is 4.74 Å². The van der Waals surface area contributed by atoms with Gasteiger partial charge in [0.05, 0.1) is 6.26 Å². The summed E-state index contributed by atoms with van der Waals surface area (Å²) in [6.45, 7) is 4.21. The summed E-state index contributed by atoms with van der Waals surface area (Å²) in [5.41, 5.74) is 0. The number of alkyl carbamates (subject to hydrolysis) is 1. The lowest BCUT2D eigenvalue weighted by Crippen LogP contribution is -2.29. The SMILES string of the molecule is C=C/C(Cl)=C\C=C\OC(=O)NCC1CCCCC1. The lowest BCUT2D eigenvalue weighted by atomic mass is 9.89. The minimum Gasteiger partial charge on any atom is -0.418 e. The van der Waals surface area contributed by atoms with Crippen molar-refractivity contribution in [1.29, 1.82) is 0 Å². The molecular formula is C14H20ClNO2. The van der Waals surface area contributed by atoms with E-state index in [-0.39, 0.29) is 0 Å². The minimum atomic E-state index is -0.417. The predicted octanol–water partition coefficient (Wildman–Crippen LogP) is 4.12. The van der Waals surface area contributed by atoms with E-state index in [0.29, 0.717) is 17.5 Å². The van der Waals surface area contributed by atoms with Crippen molar-refractivity contribution in [3.63, 3.8) is 0 Å². The Hall–Kier alpha value is -1.22. The topological polar surface area (TPSA) is 38.3 Å². The third kappa shape index (κ3) is 6.50. The molecule has 0 heterocycles. The zero-order valence-electron chi connectivity index (χ0n) is 10.5. The van der Waals surface area contributed by atoms with Crippen LogP contribution in [0.15, 0.2) is 36.1 Å². The highest BCUT2D eigenvalue weighted by atomic mass is 35.5. The highest BCUT2D eigenvalue weighted by Gasteiger charge is 2.14. The minimum absolute atomic E-state index is 0.417. The van der Waals surface area contributed by atoms with Crippen LogP contribution >= 0.6 is 11.6 Å². The average molecular weight is 270 g/mol. The van der Waals surface area contributed by atoms with Gasteiger partial charge in [-0.2, -0.15) is 0 Å². The smallest absolute Gasteiger partial charge is 0.412 e. The summed E-state index contributed by atoms with van der Waals surface area (Å²) < 4.78 is 4.86. The van der Waals surface area contributed by atoms with E-state index in [1.54, 1.807) is 12.2 Å². The summed E-state index contributed by atoms with van der Waals surface area (Å²) in [5, 5.41) is 3.27. The van der Waals surface area contributed by atoms with Crippen molar-refractivity contribution < 1.29 is 9.53 Å². The summed E-state index contributed by atoms with van der Waals surface area (Å²) in [6, 6.07) is 0. The van der Waals surface area contributed by atoms with Gasteiger partial charge in [0.25, 0.3) is 0 Å². The second kappa shape index (κ2) is 8.81. The van der Waals surface area contributed by atoms with Crippen molar-refractivity contribution in [2.45, 2.75) is 32.1 Å². The van der Waals surface area contributed by atoms with Gasteiger partial charge >= 0.3 is 6.09 Å². The first-order valence-electron chi connectivity index (χ1n) is 6.31. The Morgan fingerprint density at radius 3 is 2.78 bits per heavy atom. The first kappa shape index (κ1) is 14.8. The fourth-order valence-corrected chi connectivity index (χ4v) is 2.03. The molecule has 3 nitrogen and oxygen atoms in total. The van der Waals surface area contributed by atoms with Gasteiger partial charge in [0.15, 0.2) is 0 Å². The molecule has 0 atom stereocenters. The second-order valence-electron chi connectivity index (χ2n) is 4.37. The van der Waals surface area contributed by atoms with Crippen molar-refractivity contribution in [3.05, 3.63) is 36.1 Å². The molecule has 1 aliphatic carbocycles. The number of allylic oxidation sites excluding steroid dienone is 4. The Labute approximate surface area is 114 Å². The van der Waals surface area contributed by atoms with E-state index in [0.717, 1.165) is 0 Å². The summed E-state index contributed by atoms with van der Waals surface area (Å²) in [6.07, 6.45) is 11.8. The molecule has 0 saturated heterocycles. The number of hydrogen-bond donors (Lipinski definition) is 1. The van der Waals surface area contributed by atoms with Gasteiger partial charge in [0.2, 0.25) is 0 Å². The second-order valence-corrected chi connectivity index (χ2v) is 4.81. The third-order valence-electron chi connectivity index (χ3n) is 2.96. The largest absolute Gasteiger partial charge is 0.418 e. The molecule has 0 aromatic heterocycles. The molecule has 0 aliphatic heterocycles. The van der Waals surface area contributed by atoms with Gasteiger partial charge in [-0.15, -0.1) is 0 Å². The van der Waals surface area contributed by atoms with Crippen molar-refractivity contribution in [3.8, 4) is 0 Å². The van der Waals surface area contributed by atoms with Crippen LogP contribution < -0.4 is 5.32 Å². The van der Waals surface area contributed by atoms with Crippen molar-refractivity contribution in [2.24, 2.45) is 5.92 Å². The van der Waals surface area contributed by atoms with E-state index in [1.807, 2.05) is 0 Å². The fourth-order valence-electron chi connectivity index (χ4n) is 1.96. The van der Waals surface area contributed by atoms with Crippen LogP contribution in [0.25, 0.3) is 0 Å². The van der Waals surface area contributed by atoms with Gasteiger partial charge in [-0.1, -0.05) is 43.5 Å². The molecule has 0 unspecified atom stereocenters. The monoisotopic (exact) mass is 269 g/mol. The molecule has 0 bridgehead atoms. The van der Waals surface area contributed by atoms with Gasteiger partial charge in [-0.3, -0.25) is 0 Å². The molecule has 0 aromatic rings. The molecule has 18 heavy (non-hydrogen) atoms. The maximum Gasteiger partial charge on any atom is 0.412 e. The number of carbonyl (C=O) groups is 1. The molecule has 1 amide bonds. The number of amides is 1. The predicted molar refractivity (Wildman–Crippen MR) is 74.3 cm³/mol. The molecule has 1 saturated carbocycles. The molecule has 1 N–H and O–H groups in total. The summed E-state index contributed by atoms with van der Waals surface area (Å²) in [4.78, 5) is 11.3. The summed E-state index contributed by atoms with van der Waals surface area (Å²) in [5.74, 6) is 0.602. The highest BCUT2D eigenvalue weighted by molar-refractivity contribution is 6.31.